The number of alkyl carbamates (subject to hydrolysis) is 1. The van der Waals surface area contributed by atoms with Gasteiger partial charge < -0.3 is 19.2 Å². The van der Waals surface area contributed by atoms with Gasteiger partial charge in [0.25, 0.3) is 0 Å². The van der Waals surface area contributed by atoms with Gasteiger partial charge in [-0.05, 0) is 62.7 Å². The highest BCUT2D eigenvalue weighted by Crippen LogP contribution is 2.46. The summed E-state index contributed by atoms with van der Waals surface area (Å²) in [7, 11) is -1.96. The van der Waals surface area contributed by atoms with Gasteiger partial charge in [-0.3, -0.25) is 0 Å². The van der Waals surface area contributed by atoms with E-state index in [0.717, 1.165) is 13.0 Å². The molecule has 5 nitrogen and oxygen atoms in total. The van der Waals surface area contributed by atoms with E-state index in [9.17, 15) is 4.79 Å². The Bertz CT molecular complexity index is 679. The number of hydrogen-bond donors (Lipinski definition) is 1. The lowest BCUT2D eigenvalue weighted by molar-refractivity contribution is 0.0478. The van der Waals surface area contributed by atoms with Crippen molar-refractivity contribution in [3.63, 3.8) is 0 Å². The van der Waals surface area contributed by atoms with Gasteiger partial charge >= 0.3 is 6.09 Å². The number of nitrogens with one attached hydrogen (secondary N) is 1. The van der Waals surface area contributed by atoms with Crippen LogP contribution in [0.1, 0.15) is 53.5 Å². The fraction of sp³-hybridized carbons (Fsp3) is 0.708. The zero-order valence-corrected chi connectivity index (χ0v) is 21.1. The van der Waals surface area contributed by atoms with Crippen molar-refractivity contribution in [1.29, 1.82) is 0 Å². The molecule has 1 aliphatic rings. The minimum absolute atomic E-state index is 0.0104. The van der Waals surface area contributed by atoms with Crippen LogP contribution in [-0.4, -0.2) is 39.3 Å². The smallest absolute Gasteiger partial charge is 0.407 e. The number of carbonyl (C=O) groups excluding carboxylic acids is 1. The highest BCUT2D eigenvalue weighted by atomic mass is 28.4. The monoisotopic (exact) mass is 435 g/mol. The Morgan fingerprint density at radius 3 is 2.33 bits per heavy atom. The predicted molar refractivity (Wildman–Crippen MR) is 124 cm³/mol. The van der Waals surface area contributed by atoms with Gasteiger partial charge in [0.2, 0.25) is 0 Å². The molecule has 0 spiro atoms. The third-order valence-electron chi connectivity index (χ3n) is 6.00. The SMILES string of the molecule is CC(C)(C)OC(=O)NCC(O[Si](C)(C)C(C)(C)C)[C@H]1C[C@@H]1COCc1ccccc1. The minimum atomic E-state index is -1.96. The van der Waals surface area contributed by atoms with Crippen LogP contribution in [-0.2, 0) is 20.5 Å². The van der Waals surface area contributed by atoms with Crippen LogP contribution in [0.5, 0.6) is 0 Å². The Labute approximate surface area is 184 Å². The lowest BCUT2D eigenvalue weighted by atomic mass is 10.2. The average molecular weight is 436 g/mol. The van der Waals surface area contributed by atoms with Gasteiger partial charge in [-0.1, -0.05) is 51.1 Å². The Morgan fingerprint density at radius 2 is 1.77 bits per heavy atom. The summed E-state index contributed by atoms with van der Waals surface area (Å²) in [6.45, 7) is 18.7. The van der Waals surface area contributed by atoms with E-state index in [0.29, 0.717) is 25.0 Å². The molecule has 3 atom stereocenters. The van der Waals surface area contributed by atoms with E-state index >= 15 is 0 Å². The van der Waals surface area contributed by atoms with Crippen LogP contribution >= 0.6 is 0 Å². The van der Waals surface area contributed by atoms with Crippen molar-refractivity contribution in [3.05, 3.63) is 35.9 Å². The zero-order chi connectivity index (χ0) is 22.6. The molecule has 1 aromatic carbocycles. The molecule has 0 radical (unpaired) electrons. The lowest BCUT2D eigenvalue weighted by Crippen LogP contribution is -2.48. The molecule has 1 aliphatic carbocycles. The van der Waals surface area contributed by atoms with Crippen molar-refractivity contribution in [1.82, 2.24) is 5.32 Å². The summed E-state index contributed by atoms with van der Waals surface area (Å²) in [5.74, 6) is 0.883. The molecule has 1 saturated carbocycles. The van der Waals surface area contributed by atoms with Crippen LogP contribution in [0.3, 0.4) is 0 Å². The van der Waals surface area contributed by atoms with E-state index < -0.39 is 13.9 Å². The van der Waals surface area contributed by atoms with Crippen molar-refractivity contribution in [2.24, 2.45) is 11.8 Å². The van der Waals surface area contributed by atoms with E-state index in [-0.39, 0.29) is 17.2 Å². The molecule has 0 saturated heterocycles. The lowest BCUT2D eigenvalue weighted by Gasteiger charge is -2.39. The molecule has 1 amide bonds. The second kappa shape index (κ2) is 9.84. The van der Waals surface area contributed by atoms with Gasteiger partial charge in [-0.15, -0.1) is 0 Å². The topological polar surface area (TPSA) is 56.8 Å². The van der Waals surface area contributed by atoms with Gasteiger partial charge in [0.1, 0.15) is 5.60 Å². The highest BCUT2D eigenvalue weighted by molar-refractivity contribution is 6.74. The van der Waals surface area contributed by atoms with Crippen LogP contribution in [0.4, 0.5) is 4.79 Å². The first-order chi connectivity index (χ1) is 13.8. The Hall–Kier alpha value is -1.37. The normalized spacial score (nSPS) is 20.5. The van der Waals surface area contributed by atoms with Crippen molar-refractivity contribution in [2.45, 2.75) is 84.4 Å². The summed E-state index contributed by atoms with van der Waals surface area (Å²) < 4.78 is 18.1. The summed E-state index contributed by atoms with van der Waals surface area (Å²) in [5, 5.41) is 3.05. The molecule has 0 heterocycles. The van der Waals surface area contributed by atoms with E-state index in [4.69, 9.17) is 13.9 Å². The summed E-state index contributed by atoms with van der Waals surface area (Å²) in [6, 6.07) is 10.2. The summed E-state index contributed by atoms with van der Waals surface area (Å²) >= 11 is 0. The van der Waals surface area contributed by atoms with Gasteiger partial charge in [-0.25, -0.2) is 4.79 Å². The molecular weight excluding hydrogens is 394 g/mol. The third-order valence-corrected chi connectivity index (χ3v) is 10.5. The Morgan fingerprint density at radius 1 is 1.13 bits per heavy atom. The number of hydrogen-bond acceptors (Lipinski definition) is 4. The number of amides is 1. The standard InChI is InChI=1S/C24H41NO4Si/c1-23(2,3)28-22(26)25-15-21(29-30(7,8)24(4,5)6)20-14-19(20)17-27-16-18-12-10-9-11-13-18/h9-13,19-21H,14-17H2,1-8H3,(H,25,26)/t19-,20+,21?/m1/s1. The van der Waals surface area contributed by atoms with Crippen LogP contribution in [0.2, 0.25) is 18.1 Å². The maximum Gasteiger partial charge on any atom is 0.407 e. The largest absolute Gasteiger partial charge is 0.444 e. The second-order valence-corrected chi connectivity index (χ2v) is 15.7. The van der Waals surface area contributed by atoms with E-state index in [1.807, 2.05) is 39.0 Å². The maximum atomic E-state index is 12.2. The van der Waals surface area contributed by atoms with Crippen molar-refractivity contribution in [2.75, 3.05) is 13.2 Å². The molecule has 6 heteroatoms. The highest BCUT2D eigenvalue weighted by Gasteiger charge is 2.48. The molecule has 170 valence electrons. The molecule has 1 aromatic rings. The summed E-state index contributed by atoms with van der Waals surface area (Å²) in [6.07, 6.45) is 0.678. The molecule has 0 aliphatic heterocycles. The molecule has 30 heavy (non-hydrogen) atoms. The van der Waals surface area contributed by atoms with Crippen LogP contribution in [0.15, 0.2) is 30.3 Å². The van der Waals surface area contributed by atoms with E-state index in [1.165, 1.54) is 5.56 Å². The Kier molecular flexibility index (Phi) is 8.16. The molecule has 1 N–H and O–H groups in total. The second-order valence-electron chi connectivity index (χ2n) is 11.0. The van der Waals surface area contributed by atoms with Gasteiger partial charge in [0, 0.05) is 6.54 Å². The number of benzene rings is 1. The summed E-state index contributed by atoms with van der Waals surface area (Å²) in [4.78, 5) is 12.2. The predicted octanol–water partition coefficient (Wildman–Crippen LogP) is 5.75. The van der Waals surface area contributed by atoms with Crippen LogP contribution in [0.25, 0.3) is 0 Å². The fourth-order valence-corrected chi connectivity index (χ4v) is 4.52. The zero-order valence-electron chi connectivity index (χ0n) is 20.1. The Balaban J connectivity index is 1.92. The third kappa shape index (κ3) is 8.04. The van der Waals surface area contributed by atoms with Crippen molar-refractivity contribution < 1.29 is 18.7 Å². The number of ether oxygens (including phenoxy) is 2. The molecule has 0 aromatic heterocycles. The van der Waals surface area contributed by atoms with E-state index in [2.05, 4.69) is 51.3 Å². The first-order valence-corrected chi connectivity index (χ1v) is 14.0. The minimum Gasteiger partial charge on any atom is -0.444 e. The van der Waals surface area contributed by atoms with Crippen LogP contribution < -0.4 is 5.32 Å². The summed E-state index contributed by atoms with van der Waals surface area (Å²) in [5.41, 5.74) is 0.683. The number of rotatable bonds is 9. The molecule has 0 bridgehead atoms. The quantitative estimate of drug-likeness (QED) is 0.501. The van der Waals surface area contributed by atoms with Crippen molar-refractivity contribution >= 4 is 14.4 Å². The average Bonchev–Trinajstić information content (AvgIpc) is 3.36. The molecule has 1 unspecified atom stereocenters. The molecular formula is C24H41NO4Si. The molecule has 2 rings (SSSR count). The maximum absolute atomic E-state index is 12.2. The molecule has 1 fully saturated rings. The van der Waals surface area contributed by atoms with Gasteiger partial charge in [0.05, 0.1) is 19.3 Å². The number of carbonyl (C=O) groups is 1. The van der Waals surface area contributed by atoms with Gasteiger partial charge in [-0.2, -0.15) is 0 Å². The fourth-order valence-electron chi connectivity index (χ4n) is 3.15. The first kappa shape index (κ1) is 24.9. The first-order valence-electron chi connectivity index (χ1n) is 11.0. The van der Waals surface area contributed by atoms with Gasteiger partial charge in [0.15, 0.2) is 8.32 Å². The van der Waals surface area contributed by atoms with Crippen molar-refractivity contribution in [3.8, 4) is 0 Å². The van der Waals surface area contributed by atoms with E-state index in [1.54, 1.807) is 0 Å². The van der Waals surface area contributed by atoms with Crippen LogP contribution in [0, 0.1) is 11.8 Å².